The Labute approximate surface area is 190 Å². The molecule has 2 atom stereocenters. The highest BCUT2D eigenvalue weighted by atomic mass is 32.2. The third-order valence-corrected chi connectivity index (χ3v) is 7.07. The van der Waals surface area contributed by atoms with Gasteiger partial charge in [-0.05, 0) is 69.2 Å². The summed E-state index contributed by atoms with van der Waals surface area (Å²) in [5.74, 6) is 1.42. The first-order chi connectivity index (χ1) is 15.1. The summed E-state index contributed by atoms with van der Waals surface area (Å²) in [7, 11) is 0. The molecule has 2 unspecified atom stereocenters. The summed E-state index contributed by atoms with van der Waals surface area (Å²) in [6.07, 6.45) is 14.4. The highest BCUT2D eigenvalue weighted by Gasteiger charge is 2.28. The van der Waals surface area contributed by atoms with Gasteiger partial charge in [0.2, 0.25) is 0 Å². The molecule has 0 aromatic heterocycles. The highest BCUT2D eigenvalue weighted by molar-refractivity contribution is 8.15. The first-order valence-electron chi connectivity index (χ1n) is 11.0. The molecule has 2 aliphatic heterocycles. The van der Waals surface area contributed by atoms with Crippen LogP contribution in [-0.4, -0.2) is 49.4 Å². The summed E-state index contributed by atoms with van der Waals surface area (Å²) < 4.78 is 6.06. The van der Waals surface area contributed by atoms with E-state index in [-0.39, 0.29) is 17.8 Å². The summed E-state index contributed by atoms with van der Waals surface area (Å²) in [5, 5.41) is 4.94. The molecule has 3 aliphatic rings. The van der Waals surface area contributed by atoms with Gasteiger partial charge in [-0.25, -0.2) is 0 Å². The molecule has 3 rings (SSSR count). The van der Waals surface area contributed by atoms with Crippen LogP contribution >= 0.6 is 11.8 Å². The minimum absolute atomic E-state index is 0.205. The molecule has 0 aromatic carbocycles. The molecule has 0 amide bonds. The van der Waals surface area contributed by atoms with Crippen LogP contribution in [0, 0.1) is 11.8 Å². The fourth-order valence-corrected chi connectivity index (χ4v) is 5.10. The Morgan fingerprint density at radius 1 is 1.42 bits per heavy atom. The molecule has 2 heterocycles. The molecule has 31 heavy (non-hydrogen) atoms. The van der Waals surface area contributed by atoms with Crippen molar-refractivity contribution in [2.75, 3.05) is 32.9 Å². The molecule has 166 valence electrons. The van der Waals surface area contributed by atoms with Gasteiger partial charge < -0.3 is 15.8 Å². The molecule has 0 bridgehead atoms. The van der Waals surface area contributed by atoms with Crippen molar-refractivity contribution in [3.8, 4) is 0 Å². The second-order valence-electron chi connectivity index (χ2n) is 8.13. The standard InChI is InChI=1S/C25H34N4OS/c1-18-6-4-5-7-19(2)23(12-18)16-30-20(3)13-22(14-28-17-26)24-15-29-25(31-24)21-8-10-27-11-9-21/h5-7,12-14,21,23-24,27H,3,8-11,15-17,26H2,1-2H3/b18-12-,19-7+,22-13+,28-14-. The quantitative estimate of drug-likeness (QED) is 0.258. The normalized spacial score (nSPS) is 28.5. The van der Waals surface area contributed by atoms with E-state index in [0.29, 0.717) is 18.3 Å². The van der Waals surface area contributed by atoms with Crippen LogP contribution in [0.5, 0.6) is 0 Å². The van der Waals surface area contributed by atoms with Crippen LogP contribution in [0.4, 0.5) is 0 Å². The Bertz CT molecular complexity index is 868. The van der Waals surface area contributed by atoms with Crippen LogP contribution in [-0.2, 0) is 4.74 Å². The van der Waals surface area contributed by atoms with Crippen molar-refractivity contribution in [2.24, 2.45) is 27.6 Å². The van der Waals surface area contributed by atoms with E-state index in [0.717, 1.165) is 38.0 Å². The number of nitrogens with one attached hydrogen (secondary N) is 1. The monoisotopic (exact) mass is 438 g/mol. The summed E-state index contributed by atoms with van der Waals surface area (Å²) in [5.41, 5.74) is 12.3. The van der Waals surface area contributed by atoms with E-state index >= 15 is 0 Å². The maximum atomic E-state index is 6.06. The predicted molar refractivity (Wildman–Crippen MR) is 134 cm³/mol. The lowest BCUT2D eigenvalue weighted by Gasteiger charge is -2.22. The molecule has 1 fully saturated rings. The van der Waals surface area contributed by atoms with Crippen LogP contribution in [0.25, 0.3) is 0 Å². The molecule has 1 saturated heterocycles. The van der Waals surface area contributed by atoms with Crippen molar-refractivity contribution in [3.05, 3.63) is 65.2 Å². The number of piperidine rings is 1. The van der Waals surface area contributed by atoms with Crippen molar-refractivity contribution in [2.45, 2.75) is 31.9 Å². The number of aliphatic imine (C=N–C) groups is 2. The van der Waals surface area contributed by atoms with Crippen LogP contribution < -0.4 is 11.1 Å². The number of thioether (sulfide) groups is 1. The molecule has 0 saturated carbocycles. The number of hydrogen-bond acceptors (Lipinski definition) is 6. The van der Waals surface area contributed by atoms with Gasteiger partial charge in [0.25, 0.3) is 0 Å². The molecule has 1 aliphatic carbocycles. The van der Waals surface area contributed by atoms with Gasteiger partial charge >= 0.3 is 0 Å². The van der Waals surface area contributed by atoms with Gasteiger partial charge in [-0.1, -0.05) is 24.3 Å². The highest BCUT2D eigenvalue weighted by Crippen LogP contribution is 2.33. The minimum atomic E-state index is 0.205. The molecule has 5 nitrogen and oxygen atoms in total. The van der Waals surface area contributed by atoms with E-state index in [1.165, 1.54) is 16.2 Å². The lowest BCUT2D eigenvalue weighted by Crippen LogP contribution is -2.30. The molecule has 3 N–H and O–H groups in total. The zero-order valence-electron chi connectivity index (χ0n) is 18.6. The lowest BCUT2D eigenvalue weighted by atomic mass is 9.97. The summed E-state index contributed by atoms with van der Waals surface area (Å²) in [4.78, 5) is 9.14. The number of hydrogen-bond donors (Lipinski definition) is 2. The average molecular weight is 439 g/mol. The maximum absolute atomic E-state index is 6.06. The Balaban J connectivity index is 1.62. The van der Waals surface area contributed by atoms with Gasteiger partial charge in [-0.15, -0.1) is 17.5 Å². The summed E-state index contributed by atoms with van der Waals surface area (Å²) >= 11 is 1.86. The molecule has 0 aromatic rings. The number of nitrogens with two attached hydrogens (primary N) is 1. The van der Waals surface area contributed by atoms with E-state index < -0.39 is 0 Å². The molecular weight excluding hydrogens is 404 g/mol. The molecule has 0 radical (unpaired) electrons. The van der Waals surface area contributed by atoms with E-state index in [4.69, 9.17) is 15.5 Å². The zero-order valence-corrected chi connectivity index (χ0v) is 19.5. The van der Waals surface area contributed by atoms with E-state index in [1.807, 2.05) is 36.2 Å². The van der Waals surface area contributed by atoms with E-state index in [2.05, 4.69) is 48.6 Å². The number of nitrogens with zero attached hydrogens (tertiary/aromatic N) is 2. The SMILES string of the molecule is C=C(/C=C(\C=N/CN)C1CN=C(C2CCNCC2)S1)OCC1/C=C(/C)C=C=C/C=C/1C. The first kappa shape index (κ1) is 23.6. The van der Waals surface area contributed by atoms with Crippen LogP contribution in [0.1, 0.15) is 26.7 Å². The summed E-state index contributed by atoms with van der Waals surface area (Å²) in [6, 6.07) is 0. The Morgan fingerprint density at radius 3 is 3.00 bits per heavy atom. The Kier molecular flexibility index (Phi) is 9.16. The predicted octanol–water partition coefficient (Wildman–Crippen LogP) is 4.18. The third kappa shape index (κ3) is 7.22. The van der Waals surface area contributed by atoms with Crippen molar-refractivity contribution < 1.29 is 4.74 Å². The van der Waals surface area contributed by atoms with Gasteiger partial charge in [0.05, 0.1) is 30.1 Å². The average Bonchev–Trinajstić information content (AvgIpc) is 3.26. The molecular formula is C25H34N4OS. The van der Waals surface area contributed by atoms with Gasteiger partial charge in [-0.3, -0.25) is 9.98 Å². The van der Waals surface area contributed by atoms with Gasteiger partial charge in [0.1, 0.15) is 5.76 Å². The van der Waals surface area contributed by atoms with Crippen LogP contribution in [0.2, 0.25) is 0 Å². The number of rotatable bonds is 8. The number of ether oxygens (including phenoxy) is 1. The van der Waals surface area contributed by atoms with Crippen molar-refractivity contribution in [1.29, 1.82) is 0 Å². The first-order valence-corrected chi connectivity index (χ1v) is 11.9. The van der Waals surface area contributed by atoms with E-state index in [1.54, 1.807) is 0 Å². The number of allylic oxidation sites excluding steroid dienone is 4. The van der Waals surface area contributed by atoms with Crippen molar-refractivity contribution in [1.82, 2.24) is 5.32 Å². The minimum Gasteiger partial charge on any atom is -0.493 e. The van der Waals surface area contributed by atoms with Crippen molar-refractivity contribution in [3.63, 3.8) is 0 Å². The topological polar surface area (TPSA) is 72.0 Å². The molecule has 0 spiro atoms. The Morgan fingerprint density at radius 2 is 2.23 bits per heavy atom. The van der Waals surface area contributed by atoms with E-state index in [9.17, 15) is 0 Å². The largest absolute Gasteiger partial charge is 0.493 e. The van der Waals surface area contributed by atoms with Crippen LogP contribution in [0.15, 0.2) is 75.2 Å². The molecule has 6 heteroatoms. The maximum Gasteiger partial charge on any atom is 0.112 e. The third-order valence-electron chi connectivity index (χ3n) is 5.66. The van der Waals surface area contributed by atoms with Gasteiger partial charge in [0.15, 0.2) is 0 Å². The lowest BCUT2D eigenvalue weighted by molar-refractivity contribution is 0.206. The summed E-state index contributed by atoms with van der Waals surface area (Å²) in [6.45, 7) is 12.1. The van der Waals surface area contributed by atoms with Gasteiger partial charge in [-0.2, -0.15) is 0 Å². The van der Waals surface area contributed by atoms with Crippen LogP contribution in [0.3, 0.4) is 0 Å². The fraction of sp³-hybridized carbons (Fsp3) is 0.480. The van der Waals surface area contributed by atoms with Crippen molar-refractivity contribution >= 4 is 23.0 Å². The smallest absolute Gasteiger partial charge is 0.112 e. The Hall–Kier alpha value is -2.11. The second-order valence-corrected chi connectivity index (χ2v) is 9.35. The fourth-order valence-electron chi connectivity index (χ4n) is 3.82. The second kappa shape index (κ2) is 12.1. The zero-order chi connectivity index (χ0) is 22.1. The van der Waals surface area contributed by atoms with Gasteiger partial charge in [0, 0.05) is 18.1 Å².